The Bertz CT molecular complexity index is 2090. The van der Waals surface area contributed by atoms with E-state index in [4.69, 9.17) is 9.97 Å². The predicted molar refractivity (Wildman–Crippen MR) is 180 cm³/mol. The molecule has 0 amide bonds. The monoisotopic (exact) mass is 534 g/mol. The largest absolute Gasteiger partial charge is 0.245 e. The van der Waals surface area contributed by atoms with Gasteiger partial charge in [0.15, 0.2) is 0 Å². The van der Waals surface area contributed by atoms with Crippen molar-refractivity contribution in [3.8, 4) is 0 Å². The molecule has 8 aromatic rings. The quantitative estimate of drug-likeness (QED) is 0.210. The molecule has 0 aliphatic rings. The SMILES string of the molecule is C(=Cc1c2ccccc2cc2ccccc12)c1nc2ccccc2nc1C=Cc1c2ccccc2cc2ccccc12. The van der Waals surface area contributed by atoms with Crippen LogP contribution in [-0.2, 0) is 0 Å². The van der Waals surface area contributed by atoms with Gasteiger partial charge >= 0.3 is 0 Å². The number of hydrogen-bond donors (Lipinski definition) is 0. The Morgan fingerprint density at radius 3 is 1.00 bits per heavy atom. The number of benzene rings is 7. The van der Waals surface area contributed by atoms with E-state index in [0.29, 0.717) is 0 Å². The van der Waals surface area contributed by atoms with Crippen molar-refractivity contribution < 1.29 is 0 Å². The van der Waals surface area contributed by atoms with Gasteiger partial charge < -0.3 is 0 Å². The lowest BCUT2D eigenvalue weighted by atomic mass is 9.96. The molecule has 0 aliphatic carbocycles. The molecule has 2 nitrogen and oxygen atoms in total. The molecular weight excluding hydrogens is 508 g/mol. The first-order valence-corrected chi connectivity index (χ1v) is 14.3. The number of aromatic nitrogens is 2. The van der Waals surface area contributed by atoms with Gasteiger partial charge in [-0.3, -0.25) is 0 Å². The summed E-state index contributed by atoms with van der Waals surface area (Å²) in [6.07, 6.45) is 8.64. The molecule has 1 heterocycles. The summed E-state index contributed by atoms with van der Waals surface area (Å²) in [5, 5.41) is 9.79. The molecule has 0 saturated heterocycles. The number of para-hydroxylation sites is 2. The first-order valence-electron chi connectivity index (χ1n) is 14.3. The van der Waals surface area contributed by atoms with Gasteiger partial charge in [0.1, 0.15) is 0 Å². The molecule has 0 fully saturated rings. The first kappa shape index (κ1) is 24.2. The highest BCUT2D eigenvalue weighted by molar-refractivity contribution is 6.09. The van der Waals surface area contributed by atoms with Crippen molar-refractivity contribution in [1.82, 2.24) is 9.97 Å². The normalized spacial score (nSPS) is 12.1. The van der Waals surface area contributed by atoms with Crippen LogP contribution in [0, 0.1) is 0 Å². The van der Waals surface area contributed by atoms with Crippen molar-refractivity contribution in [3.05, 3.63) is 156 Å². The second-order valence-electron chi connectivity index (χ2n) is 10.6. The molecule has 0 saturated carbocycles. The zero-order chi connectivity index (χ0) is 27.9. The van der Waals surface area contributed by atoms with Crippen LogP contribution in [0.5, 0.6) is 0 Å². The predicted octanol–water partition coefficient (Wildman–Crippen LogP) is 10.6. The highest BCUT2D eigenvalue weighted by atomic mass is 14.8. The van der Waals surface area contributed by atoms with E-state index in [1.54, 1.807) is 0 Å². The summed E-state index contributed by atoms with van der Waals surface area (Å²) in [6.45, 7) is 0. The van der Waals surface area contributed by atoms with E-state index in [9.17, 15) is 0 Å². The van der Waals surface area contributed by atoms with Crippen LogP contribution < -0.4 is 0 Å². The second-order valence-corrected chi connectivity index (χ2v) is 10.6. The third kappa shape index (κ3) is 4.22. The Hall–Kier alpha value is -5.60. The van der Waals surface area contributed by atoms with Gasteiger partial charge in [0.2, 0.25) is 0 Å². The zero-order valence-electron chi connectivity index (χ0n) is 22.9. The molecule has 7 aromatic carbocycles. The van der Waals surface area contributed by atoms with Crippen LogP contribution >= 0.6 is 0 Å². The first-order chi connectivity index (χ1) is 20.8. The summed E-state index contributed by atoms with van der Waals surface area (Å²) in [6, 6.07) is 46.9. The van der Waals surface area contributed by atoms with Gasteiger partial charge in [-0.1, -0.05) is 121 Å². The number of nitrogens with zero attached hydrogens (tertiary/aromatic N) is 2. The fraction of sp³-hybridized carbons (Fsp3) is 0. The van der Waals surface area contributed by atoms with E-state index in [0.717, 1.165) is 22.4 Å². The smallest absolute Gasteiger partial charge is 0.0894 e. The van der Waals surface area contributed by atoms with Crippen molar-refractivity contribution in [2.75, 3.05) is 0 Å². The van der Waals surface area contributed by atoms with Crippen molar-refractivity contribution in [3.63, 3.8) is 0 Å². The Kier molecular flexibility index (Phi) is 5.82. The summed E-state index contributed by atoms with van der Waals surface area (Å²) in [7, 11) is 0. The number of rotatable bonds is 4. The maximum absolute atomic E-state index is 5.09. The average molecular weight is 535 g/mol. The van der Waals surface area contributed by atoms with Crippen molar-refractivity contribution in [1.29, 1.82) is 0 Å². The van der Waals surface area contributed by atoms with Crippen molar-refractivity contribution >= 4 is 78.4 Å². The van der Waals surface area contributed by atoms with Gasteiger partial charge in [-0.2, -0.15) is 0 Å². The molecule has 0 bridgehead atoms. The molecule has 2 heteroatoms. The van der Waals surface area contributed by atoms with E-state index >= 15 is 0 Å². The lowest BCUT2D eigenvalue weighted by Crippen LogP contribution is -1.94. The van der Waals surface area contributed by atoms with Gasteiger partial charge in [0, 0.05) is 0 Å². The summed E-state index contributed by atoms with van der Waals surface area (Å²) < 4.78 is 0. The Morgan fingerprint density at radius 1 is 0.333 bits per heavy atom. The molecule has 42 heavy (non-hydrogen) atoms. The molecule has 0 radical (unpaired) electrons. The van der Waals surface area contributed by atoms with E-state index in [-0.39, 0.29) is 0 Å². The number of fused-ring (bicyclic) bond motifs is 5. The second kappa shape index (κ2) is 10.1. The van der Waals surface area contributed by atoms with Crippen LogP contribution in [0.4, 0.5) is 0 Å². The third-order valence-electron chi connectivity index (χ3n) is 8.07. The van der Waals surface area contributed by atoms with E-state index in [2.05, 4.69) is 133 Å². The summed E-state index contributed by atoms with van der Waals surface area (Å²) in [4.78, 5) is 10.2. The Morgan fingerprint density at radius 2 is 0.643 bits per heavy atom. The standard InChI is InChI=1S/C40H26N2/c1-5-15-31-27(11-1)25-28-12-2-6-16-32(28)35(31)21-23-39-40(42-38-20-10-9-19-37(38)41-39)24-22-36-33-17-7-3-13-29(33)26-30-14-4-8-18-34(30)36/h1-26H. The molecule has 0 spiro atoms. The van der Waals surface area contributed by atoms with Gasteiger partial charge in [-0.15, -0.1) is 0 Å². The Labute approximate surface area is 243 Å². The molecule has 0 N–H and O–H groups in total. The molecule has 0 aliphatic heterocycles. The molecule has 1 aromatic heterocycles. The van der Waals surface area contributed by atoms with Gasteiger partial charge in [0.25, 0.3) is 0 Å². The van der Waals surface area contributed by atoms with Crippen LogP contribution in [0.1, 0.15) is 22.5 Å². The third-order valence-corrected chi connectivity index (χ3v) is 8.07. The molecule has 8 rings (SSSR count). The van der Waals surface area contributed by atoms with Gasteiger partial charge in [-0.05, 0) is 90.6 Å². The highest BCUT2D eigenvalue weighted by Crippen LogP contribution is 2.32. The van der Waals surface area contributed by atoms with Crippen LogP contribution in [-0.4, -0.2) is 9.97 Å². The lowest BCUT2D eigenvalue weighted by Gasteiger charge is -2.10. The zero-order valence-corrected chi connectivity index (χ0v) is 22.9. The van der Waals surface area contributed by atoms with Crippen LogP contribution in [0.3, 0.4) is 0 Å². The fourth-order valence-electron chi connectivity index (χ4n) is 6.05. The van der Waals surface area contributed by atoms with Crippen LogP contribution in [0.15, 0.2) is 133 Å². The molecule has 0 unspecified atom stereocenters. The minimum absolute atomic E-state index is 0.839. The van der Waals surface area contributed by atoms with E-state index < -0.39 is 0 Å². The average Bonchev–Trinajstić information content (AvgIpc) is 3.04. The summed E-state index contributed by atoms with van der Waals surface area (Å²) in [5.74, 6) is 0. The minimum atomic E-state index is 0.839. The maximum Gasteiger partial charge on any atom is 0.0894 e. The van der Waals surface area contributed by atoms with Crippen molar-refractivity contribution in [2.24, 2.45) is 0 Å². The topological polar surface area (TPSA) is 25.8 Å². The molecular formula is C40H26N2. The van der Waals surface area contributed by atoms with E-state index in [1.165, 1.54) is 54.2 Å². The fourth-order valence-corrected chi connectivity index (χ4v) is 6.05. The van der Waals surface area contributed by atoms with Gasteiger partial charge in [-0.25, -0.2) is 9.97 Å². The van der Waals surface area contributed by atoms with E-state index in [1.807, 2.05) is 24.3 Å². The molecule has 196 valence electrons. The summed E-state index contributed by atoms with van der Waals surface area (Å²) in [5.41, 5.74) is 5.82. The van der Waals surface area contributed by atoms with Crippen molar-refractivity contribution in [2.45, 2.75) is 0 Å². The Balaban J connectivity index is 1.33. The maximum atomic E-state index is 5.09. The molecule has 0 atom stereocenters. The highest BCUT2D eigenvalue weighted by Gasteiger charge is 2.09. The number of hydrogen-bond acceptors (Lipinski definition) is 2. The lowest BCUT2D eigenvalue weighted by molar-refractivity contribution is 1.24. The van der Waals surface area contributed by atoms with Crippen LogP contribution in [0.2, 0.25) is 0 Å². The van der Waals surface area contributed by atoms with Crippen LogP contribution in [0.25, 0.3) is 78.4 Å². The van der Waals surface area contributed by atoms with Gasteiger partial charge in [0.05, 0.1) is 22.4 Å². The minimum Gasteiger partial charge on any atom is -0.245 e. The summed E-state index contributed by atoms with van der Waals surface area (Å²) >= 11 is 0.